The lowest BCUT2D eigenvalue weighted by Crippen LogP contribution is -2.29. The first kappa shape index (κ1) is 16.5. The molecule has 0 bridgehead atoms. The number of amides is 2. The predicted molar refractivity (Wildman–Crippen MR) is 88.2 cm³/mol. The molecule has 1 aromatic carbocycles. The largest absolute Gasteiger partial charge is 0.333 e. The zero-order chi connectivity index (χ0) is 17.1. The van der Waals surface area contributed by atoms with Crippen LogP contribution in [0.4, 0.5) is 10.1 Å². The number of halogens is 1. The molecule has 3 rings (SSSR count). The van der Waals surface area contributed by atoms with E-state index in [1.807, 2.05) is 11.8 Å². The second-order valence-electron chi connectivity index (χ2n) is 5.51. The van der Waals surface area contributed by atoms with E-state index in [1.54, 1.807) is 0 Å². The lowest BCUT2D eigenvalue weighted by atomic mass is 10.2. The Balaban J connectivity index is 1.71. The minimum absolute atomic E-state index is 0.0880. The molecular formula is C16H17FN4O2S. The first-order valence-electron chi connectivity index (χ1n) is 7.78. The standard InChI is InChI=1S/C16H17FN4O2S/c1-2-13(22)21-9-3-4-12(21)15-19-20-16(24-15)14(23)18-11-7-5-10(17)6-8-11/h5-8,12H,2-4,9H2,1H3,(H,18,23). The van der Waals surface area contributed by atoms with E-state index in [2.05, 4.69) is 15.5 Å². The lowest BCUT2D eigenvalue weighted by Gasteiger charge is -2.21. The molecule has 2 amide bonds. The van der Waals surface area contributed by atoms with E-state index < -0.39 is 5.91 Å². The van der Waals surface area contributed by atoms with Gasteiger partial charge in [-0.1, -0.05) is 18.3 Å². The maximum Gasteiger partial charge on any atom is 0.286 e. The van der Waals surface area contributed by atoms with Crippen LogP contribution in [-0.2, 0) is 4.79 Å². The summed E-state index contributed by atoms with van der Waals surface area (Å²) < 4.78 is 12.9. The quantitative estimate of drug-likeness (QED) is 0.922. The molecule has 1 atom stereocenters. The molecule has 1 aliphatic rings. The second kappa shape index (κ2) is 7.04. The maximum absolute atomic E-state index is 12.9. The van der Waals surface area contributed by atoms with Crippen molar-refractivity contribution in [3.63, 3.8) is 0 Å². The first-order valence-corrected chi connectivity index (χ1v) is 8.60. The van der Waals surface area contributed by atoms with E-state index in [4.69, 9.17) is 0 Å². The number of nitrogens with one attached hydrogen (secondary N) is 1. The van der Waals surface area contributed by atoms with Gasteiger partial charge in [0, 0.05) is 18.7 Å². The number of likely N-dealkylation sites (tertiary alicyclic amines) is 1. The van der Waals surface area contributed by atoms with E-state index in [9.17, 15) is 14.0 Å². The minimum Gasteiger partial charge on any atom is -0.333 e. The second-order valence-corrected chi connectivity index (χ2v) is 6.51. The summed E-state index contributed by atoms with van der Waals surface area (Å²) in [7, 11) is 0. The van der Waals surface area contributed by atoms with E-state index >= 15 is 0 Å². The molecular weight excluding hydrogens is 331 g/mol. The molecule has 1 unspecified atom stereocenters. The highest BCUT2D eigenvalue weighted by Crippen LogP contribution is 2.34. The van der Waals surface area contributed by atoms with Crippen molar-refractivity contribution in [2.24, 2.45) is 0 Å². The maximum atomic E-state index is 12.9. The van der Waals surface area contributed by atoms with Gasteiger partial charge < -0.3 is 10.2 Å². The van der Waals surface area contributed by atoms with Gasteiger partial charge in [0.2, 0.25) is 10.9 Å². The number of aromatic nitrogens is 2. The summed E-state index contributed by atoms with van der Waals surface area (Å²) in [5, 5.41) is 11.6. The van der Waals surface area contributed by atoms with Crippen molar-refractivity contribution >= 4 is 28.8 Å². The molecule has 1 aromatic heterocycles. The van der Waals surface area contributed by atoms with Gasteiger partial charge in [0.1, 0.15) is 10.8 Å². The summed E-state index contributed by atoms with van der Waals surface area (Å²) in [6.07, 6.45) is 2.21. The molecule has 0 spiro atoms. The topological polar surface area (TPSA) is 75.2 Å². The fourth-order valence-electron chi connectivity index (χ4n) is 2.70. The monoisotopic (exact) mass is 348 g/mol. The van der Waals surface area contributed by atoms with Gasteiger partial charge in [0.15, 0.2) is 0 Å². The van der Waals surface area contributed by atoms with Gasteiger partial charge in [-0.2, -0.15) is 0 Å². The Morgan fingerprint density at radius 3 is 2.79 bits per heavy atom. The predicted octanol–water partition coefficient (Wildman–Crippen LogP) is 3.00. The summed E-state index contributed by atoms with van der Waals surface area (Å²) >= 11 is 1.19. The van der Waals surface area contributed by atoms with Crippen LogP contribution >= 0.6 is 11.3 Å². The van der Waals surface area contributed by atoms with Gasteiger partial charge in [-0.25, -0.2) is 4.39 Å². The number of hydrogen-bond donors (Lipinski definition) is 1. The van der Waals surface area contributed by atoms with Crippen LogP contribution in [0.1, 0.15) is 47.0 Å². The van der Waals surface area contributed by atoms with E-state index in [1.165, 1.54) is 35.6 Å². The summed E-state index contributed by atoms with van der Waals surface area (Å²) in [6.45, 7) is 2.55. The molecule has 0 radical (unpaired) electrons. The molecule has 1 N–H and O–H groups in total. The van der Waals surface area contributed by atoms with Crippen molar-refractivity contribution in [1.82, 2.24) is 15.1 Å². The molecule has 0 saturated carbocycles. The van der Waals surface area contributed by atoms with E-state index in [-0.39, 0.29) is 22.8 Å². The Labute approximate surface area is 142 Å². The van der Waals surface area contributed by atoms with Crippen LogP contribution in [0.15, 0.2) is 24.3 Å². The van der Waals surface area contributed by atoms with Crippen molar-refractivity contribution in [2.45, 2.75) is 32.2 Å². The molecule has 0 aliphatic carbocycles. The molecule has 2 aromatic rings. The first-order chi connectivity index (χ1) is 11.6. The van der Waals surface area contributed by atoms with Gasteiger partial charge in [0.05, 0.1) is 6.04 Å². The SMILES string of the molecule is CCC(=O)N1CCCC1c1nnc(C(=O)Nc2ccc(F)cc2)s1. The third-order valence-electron chi connectivity index (χ3n) is 3.90. The van der Waals surface area contributed by atoms with Crippen LogP contribution in [-0.4, -0.2) is 33.5 Å². The number of benzene rings is 1. The van der Waals surface area contributed by atoms with E-state index in [0.29, 0.717) is 23.7 Å². The molecule has 24 heavy (non-hydrogen) atoms. The highest BCUT2D eigenvalue weighted by atomic mass is 32.1. The van der Waals surface area contributed by atoms with Crippen molar-refractivity contribution in [2.75, 3.05) is 11.9 Å². The Kier molecular flexibility index (Phi) is 4.84. The van der Waals surface area contributed by atoms with Crippen LogP contribution in [0, 0.1) is 5.82 Å². The van der Waals surface area contributed by atoms with Crippen molar-refractivity contribution in [3.05, 3.63) is 40.1 Å². The Morgan fingerprint density at radius 1 is 1.33 bits per heavy atom. The van der Waals surface area contributed by atoms with Crippen molar-refractivity contribution < 1.29 is 14.0 Å². The van der Waals surface area contributed by atoms with Gasteiger partial charge >= 0.3 is 0 Å². The van der Waals surface area contributed by atoms with Gasteiger partial charge in [-0.15, -0.1) is 10.2 Å². The summed E-state index contributed by atoms with van der Waals surface area (Å²) in [5.41, 5.74) is 0.488. The summed E-state index contributed by atoms with van der Waals surface area (Å²) in [5.74, 6) is -0.671. The average molecular weight is 348 g/mol. The molecule has 6 nitrogen and oxygen atoms in total. The molecule has 1 aliphatic heterocycles. The minimum atomic E-state index is -0.392. The Bertz CT molecular complexity index is 747. The van der Waals surface area contributed by atoms with Gasteiger partial charge in [-0.05, 0) is 37.1 Å². The zero-order valence-electron chi connectivity index (χ0n) is 13.2. The van der Waals surface area contributed by atoms with Crippen LogP contribution < -0.4 is 5.32 Å². The lowest BCUT2D eigenvalue weighted by molar-refractivity contribution is -0.131. The number of hydrogen-bond acceptors (Lipinski definition) is 5. The third kappa shape index (κ3) is 3.43. The molecule has 126 valence electrons. The number of rotatable bonds is 4. The fraction of sp³-hybridized carbons (Fsp3) is 0.375. The normalized spacial score (nSPS) is 17.1. The highest BCUT2D eigenvalue weighted by Gasteiger charge is 2.32. The number of carbonyl (C=O) groups excluding carboxylic acids is 2. The van der Waals surface area contributed by atoms with Crippen LogP contribution in [0.3, 0.4) is 0 Å². The van der Waals surface area contributed by atoms with Crippen molar-refractivity contribution in [3.8, 4) is 0 Å². The van der Waals surface area contributed by atoms with Crippen molar-refractivity contribution in [1.29, 1.82) is 0 Å². The number of carbonyl (C=O) groups is 2. The van der Waals surface area contributed by atoms with Gasteiger partial charge in [-0.3, -0.25) is 9.59 Å². The Morgan fingerprint density at radius 2 is 2.08 bits per heavy atom. The zero-order valence-corrected chi connectivity index (χ0v) is 14.0. The highest BCUT2D eigenvalue weighted by molar-refractivity contribution is 7.13. The Hall–Kier alpha value is -2.35. The van der Waals surface area contributed by atoms with Crippen LogP contribution in [0.2, 0.25) is 0 Å². The fourth-order valence-corrected chi connectivity index (χ4v) is 3.59. The average Bonchev–Trinajstić information content (AvgIpc) is 3.24. The van der Waals surface area contributed by atoms with Gasteiger partial charge in [0.25, 0.3) is 5.91 Å². The van der Waals surface area contributed by atoms with Crippen LogP contribution in [0.5, 0.6) is 0 Å². The number of anilines is 1. The van der Waals surface area contributed by atoms with E-state index in [0.717, 1.165) is 12.8 Å². The molecule has 8 heteroatoms. The van der Waals surface area contributed by atoms with Crippen LogP contribution in [0.25, 0.3) is 0 Å². The molecule has 2 heterocycles. The third-order valence-corrected chi connectivity index (χ3v) is 4.92. The number of nitrogens with zero attached hydrogens (tertiary/aromatic N) is 3. The smallest absolute Gasteiger partial charge is 0.286 e. The molecule has 1 fully saturated rings. The molecule has 1 saturated heterocycles. The summed E-state index contributed by atoms with van der Waals surface area (Å²) in [4.78, 5) is 26.0. The summed E-state index contributed by atoms with van der Waals surface area (Å²) in [6, 6.07) is 5.41.